The summed E-state index contributed by atoms with van der Waals surface area (Å²) in [7, 11) is 0. The van der Waals surface area contributed by atoms with Crippen molar-refractivity contribution in [3.05, 3.63) is 47.6 Å². The lowest BCUT2D eigenvalue weighted by molar-refractivity contribution is -0.130. The van der Waals surface area contributed by atoms with E-state index in [0.29, 0.717) is 11.5 Å². The fourth-order valence-electron chi connectivity index (χ4n) is 1.83. The van der Waals surface area contributed by atoms with Crippen LogP contribution in [0.4, 0.5) is 0 Å². The van der Waals surface area contributed by atoms with E-state index in [1.54, 1.807) is 27.7 Å². The number of benzene rings is 1. The van der Waals surface area contributed by atoms with Crippen LogP contribution in [0.3, 0.4) is 0 Å². The Kier molecular flexibility index (Phi) is 4.86. The van der Waals surface area contributed by atoms with Crippen molar-refractivity contribution >= 4 is 11.9 Å². The largest absolute Gasteiger partial charge is 0.423 e. The van der Waals surface area contributed by atoms with E-state index in [1.807, 2.05) is 0 Å². The van der Waals surface area contributed by atoms with Gasteiger partial charge in [0.1, 0.15) is 11.5 Å². The first-order valence-corrected chi connectivity index (χ1v) is 6.12. The van der Waals surface area contributed by atoms with Gasteiger partial charge in [0.2, 0.25) is 0 Å². The molecule has 1 aromatic carbocycles. The molecule has 0 saturated carbocycles. The Hall–Kier alpha value is -2.36. The molecule has 0 aliphatic rings. The van der Waals surface area contributed by atoms with Crippen LogP contribution in [0.2, 0.25) is 0 Å². The van der Waals surface area contributed by atoms with Crippen molar-refractivity contribution in [3.63, 3.8) is 0 Å². The fourth-order valence-corrected chi connectivity index (χ4v) is 1.83. The van der Waals surface area contributed by atoms with Crippen molar-refractivity contribution in [1.29, 1.82) is 0 Å². The van der Waals surface area contributed by atoms with Gasteiger partial charge in [0, 0.05) is 12.2 Å². The predicted octanol–water partition coefficient (Wildman–Crippen LogP) is 3.10. The number of carbonyl (C=O) groups is 2. The molecule has 106 valence electrons. The van der Waals surface area contributed by atoms with Crippen molar-refractivity contribution in [2.24, 2.45) is 0 Å². The normalized spacial score (nSPS) is 9.80. The predicted molar refractivity (Wildman–Crippen MR) is 77.1 cm³/mol. The summed E-state index contributed by atoms with van der Waals surface area (Å²) in [5, 5.41) is 0. The Labute approximate surface area is 118 Å². The molecule has 0 amide bonds. The second kappa shape index (κ2) is 6.19. The van der Waals surface area contributed by atoms with E-state index >= 15 is 0 Å². The molecule has 20 heavy (non-hydrogen) atoms. The Bertz CT molecular complexity index is 515. The molecular formula is C16H18O4. The molecule has 0 saturated heterocycles. The highest BCUT2D eigenvalue weighted by Gasteiger charge is 2.19. The molecular weight excluding hydrogens is 256 g/mol. The maximum atomic E-state index is 11.4. The molecule has 1 rings (SSSR count). The van der Waals surface area contributed by atoms with Crippen LogP contribution in [0.5, 0.6) is 11.5 Å². The molecule has 0 aliphatic carbocycles. The summed E-state index contributed by atoms with van der Waals surface area (Å²) in [6.45, 7) is 14.0. The van der Waals surface area contributed by atoms with Gasteiger partial charge in [-0.15, -0.1) is 0 Å². The third-order valence-corrected chi connectivity index (χ3v) is 3.23. The van der Waals surface area contributed by atoms with Gasteiger partial charge in [-0.3, -0.25) is 0 Å². The van der Waals surface area contributed by atoms with Crippen LogP contribution in [-0.4, -0.2) is 11.9 Å². The van der Waals surface area contributed by atoms with Gasteiger partial charge < -0.3 is 9.47 Å². The molecule has 0 fully saturated rings. The Morgan fingerprint density at radius 2 is 1.00 bits per heavy atom. The standard InChI is InChI=1S/C16H18O4/c1-7-13(17)19-15-9(3)11(5)16(12(6)10(15)4)20-14(18)8-2/h7-8H,1-2H2,3-6H3. The fraction of sp³-hybridized carbons (Fsp3) is 0.250. The van der Waals surface area contributed by atoms with E-state index in [0.717, 1.165) is 34.4 Å². The maximum absolute atomic E-state index is 11.4. The van der Waals surface area contributed by atoms with Gasteiger partial charge in [-0.05, 0) is 49.9 Å². The molecule has 0 heterocycles. The van der Waals surface area contributed by atoms with Crippen molar-refractivity contribution in [2.45, 2.75) is 27.7 Å². The van der Waals surface area contributed by atoms with Gasteiger partial charge in [0.25, 0.3) is 0 Å². The summed E-state index contributed by atoms with van der Waals surface area (Å²) in [5.41, 5.74) is 2.98. The Balaban J connectivity index is 3.40. The summed E-state index contributed by atoms with van der Waals surface area (Å²) >= 11 is 0. The van der Waals surface area contributed by atoms with E-state index in [9.17, 15) is 9.59 Å². The van der Waals surface area contributed by atoms with Gasteiger partial charge in [-0.25, -0.2) is 9.59 Å². The highest BCUT2D eigenvalue weighted by atomic mass is 16.5. The van der Waals surface area contributed by atoms with E-state index in [4.69, 9.17) is 9.47 Å². The van der Waals surface area contributed by atoms with Gasteiger partial charge in [0.05, 0.1) is 0 Å². The number of esters is 2. The highest BCUT2D eigenvalue weighted by Crippen LogP contribution is 2.37. The first-order valence-electron chi connectivity index (χ1n) is 6.12. The van der Waals surface area contributed by atoms with Gasteiger partial charge in [-0.2, -0.15) is 0 Å². The summed E-state index contributed by atoms with van der Waals surface area (Å²) in [4.78, 5) is 22.8. The smallest absolute Gasteiger partial charge is 0.335 e. The topological polar surface area (TPSA) is 52.6 Å². The number of hydrogen-bond donors (Lipinski definition) is 0. The molecule has 0 aliphatic heterocycles. The van der Waals surface area contributed by atoms with Gasteiger partial charge in [0.15, 0.2) is 0 Å². The molecule has 4 nitrogen and oxygen atoms in total. The van der Waals surface area contributed by atoms with Crippen LogP contribution in [0.1, 0.15) is 22.3 Å². The van der Waals surface area contributed by atoms with Gasteiger partial charge >= 0.3 is 11.9 Å². The first-order chi connectivity index (χ1) is 9.33. The lowest BCUT2D eigenvalue weighted by Gasteiger charge is -2.18. The quantitative estimate of drug-likeness (QED) is 0.481. The number of rotatable bonds is 4. The van der Waals surface area contributed by atoms with Crippen molar-refractivity contribution in [3.8, 4) is 11.5 Å². The molecule has 0 spiro atoms. The first kappa shape index (κ1) is 15.7. The molecule has 0 bridgehead atoms. The van der Waals surface area contributed by atoms with Crippen LogP contribution in [0, 0.1) is 27.7 Å². The number of carbonyl (C=O) groups excluding carboxylic acids is 2. The van der Waals surface area contributed by atoms with Crippen molar-refractivity contribution in [1.82, 2.24) is 0 Å². The molecule has 0 aromatic heterocycles. The molecule has 0 N–H and O–H groups in total. The van der Waals surface area contributed by atoms with E-state index < -0.39 is 11.9 Å². The van der Waals surface area contributed by atoms with Crippen molar-refractivity contribution < 1.29 is 19.1 Å². The minimum absolute atomic E-state index is 0.475. The average Bonchev–Trinajstić information content (AvgIpc) is 2.45. The number of ether oxygens (including phenoxy) is 2. The minimum Gasteiger partial charge on any atom is -0.423 e. The lowest BCUT2D eigenvalue weighted by Crippen LogP contribution is -2.11. The molecule has 4 heteroatoms. The average molecular weight is 274 g/mol. The summed E-state index contributed by atoms with van der Waals surface area (Å²) in [6, 6.07) is 0. The zero-order valence-electron chi connectivity index (χ0n) is 12.2. The summed E-state index contributed by atoms with van der Waals surface area (Å²) in [5.74, 6) is -0.0942. The van der Waals surface area contributed by atoms with Crippen LogP contribution < -0.4 is 9.47 Å². The molecule has 1 aromatic rings. The molecule has 0 radical (unpaired) electrons. The second-order valence-corrected chi connectivity index (χ2v) is 4.41. The highest BCUT2D eigenvalue weighted by molar-refractivity contribution is 5.85. The zero-order valence-corrected chi connectivity index (χ0v) is 12.2. The summed E-state index contributed by atoms with van der Waals surface area (Å²) in [6.07, 6.45) is 2.21. The van der Waals surface area contributed by atoms with Crippen LogP contribution in [0.25, 0.3) is 0 Å². The van der Waals surface area contributed by atoms with Crippen LogP contribution in [-0.2, 0) is 9.59 Å². The van der Waals surface area contributed by atoms with Crippen LogP contribution >= 0.6 is 0 Å². The third-order valence-electron chi connectivity index (χ3n) is 3.23. The van der Waals surface area contributed by atoms with E-state index in [-0.39, 0.29) is 0 Å². The monoisotopic (exact) mass is 274 g/mol. The van der Waals surface area contributed by atoms with Gasteiger partial charge in [-0.1, -0.05) is 13.2 Å². The second-order valence-electron chi connectivity index (χ2n) is 4.41. The Morgan fingerprint density at radius 3 is 1.20 bits per heavy atom. The Morgan fingerprint density at radius 1 is 0.750 bits per heavy atom. The minimum atomic E-state index is -0.522. The molecule has 0 unspecified atom stereocenters. The number of hydrogen-bond acceptors (Lipinski definition) is 4. The zero-order chi connectivity index (χ0) is 15.4. The van der Waals surface area contributed by atoms with Crippen molar-refractivity contribution in [2.75, 3.05) is 0 Å². The maximum Gasteiger partial charge on any atom is 0.335 e. The SMILES string of the molecule is C=CC(=O)Oc1c(C)c(C)c(OC(=O)C=C)c(C)c1C. The third kappa shape index (κ3) is 2.96. The van der Waals surface area contributed by atoms with Crippen LogP contribution in [0.15, 0.2) is 25.3 Å². The van der Waals surface area contributed by atoms with E-state index in [1.165, 1.54) is 0 Å². The summed E-state index contributed by atoms with van der Waals surface area (Å²) < 4.78 is 10.5. The molecule has 0 atom stereocenters. The van der Waals surface area contributed by atoms with E-state index in [2.05, 4.69) is 13.2 Å². The lowest BCUT2D eigenvalue weighted by atomic mass is 9.98.